The van der Waals surface area contributed by atoms with Crippen LogP contribution in [0.3, 0.4) is 0 Å². The van der Waals surface area contributed by atoms with E-state index in [1.807, 2.05) is 36.7 Å². The number of aliphatic imine (C=N–C) groups is 1. The topological polar surface area (TPSA) is 73.8 Å². The molecule has 0 aliphatic carbocycles. The van der Waals surface area contributed by atoms with Crippen molar-refractivity contribution in [1.29, 1.82) is 5.41 Å². The predicted molar refractivity (Wildman–Crippen MR) is 120 cm³/mol. The molecule has 29 heavy (non-hydrogen) atoms. The van der Waals surface area contributed by atoms with Crippen molar-refractivity contribution in [3.8, 4) is 5.69 Å². The third kappa shape index (κ3) is 3.58. The Morgan fingerprint density at radius 3 is 2.45 bits per heavy atom. The van der Waals surface area contributed by atoms with Gasteiger partial charge in [0.2, 0.25) is 5.17 Å². The van der Waals surface area contributed by atoms with E-state index in [0.717, 1.165) is 16.4 Å². The first kappa shape index (κ1) is 19.4. The van der Waals surface area contributed by atoms with Crippen molar-refractivity contribution in [1.82, 2.24) is 9.58 Å². The van der Waals surface area contributed by atoms with Gasteiger partial charge in [-0.2, -0.15) is 15.1 Å². The number of amidine groups is 2. The summed E-state index contributed by atoms with van der Waals surface area (Å²) in [7, 11) is 0. The molecular weight excluding hydrogens is 382 g/mol. The summed E-state index contributed by atoms with van der Waals surface area (Å²) in [6, 6.07) is 12.2. The molecule has 0 spiro atoms. The van der Waals surface area contributed by atoms with Crippen LogP contribution in [-0.2, 0) is 4.79 Å². The highest BCUT2D eigenvalue weighted by Gasteiger charge is 2.36. The van der Waals surface area contributed by atoms with Gasteiger partial charge in [0.15, 0.2) is 5.84 Å². The molecule has 2 aliphatic rings. The van der Waals surface area contributed by atoms with Crippen LogP contribution < -0.4 is 0 Å². The maximum absolute atomic E-state index is 12.6. The van der Waals surface area contributed by atoms with E-state index in [1.54, 1.807) is 6.08 Å². The summed E-state index contributed by atoms with van der Waals surface area (Å²) in [6.45, 7) is 8.40. The number of nitrogens with zero attached hydrogens (tertiary/aromatic N) is 4. The summed E-state index contributed by atoms with van der Waals surface area (Å²) in [5, 5.41) is 15.8. The number of carbonyl (C=O) groups excluding carboxylic acids is 1. The van der Waals surface area contributed by atoms with Crippen LogP contribution in [0.2, 0.25) is 0 Å². The van der Waals surface area contributed by atoms with E-state index >= 15 is 0 Å². The fraction of sp³-hybridized carbons (Fsp3) is 0.273. The zero-order chi connectivity index (χ0) is 20.7. The fourth-order valence-electron chi connectivity index (χ4n) is 3.15. The SMILES string of the molecule is CC(C)C1=NN2C(=N)/C(=C\c3cccn3-c3ccc(C(C)C)cc3)C(=O)N=C2S1. The minimum atomic E-state index is -0.406. The van der Waals surface area contributed by atoms with Gasteiger partial charge in [-0.1, -0.05) is 39.8 Å². The van der Waals surface area contributed by atoms with E-state index in [1.165, 1.54) is 22.3 Å². The summed E-state index contributed by atoms with van der Waals surface area (Å²) in [5.41, 5.74) is 3.33. The van der Waals surface area contributed by atoms with E-state index in [0.29, 0.717) is 11.1 Å². The van der Waals surface area contributed by atoms with Crippen LogP contribution in [-0.4, -0.2) is 31.5 Å². The minimum Gasteiger partial charge on any atom is -0.317 e. The van der Waals surface area contributed by atoms with Crippen LogP contribution in [0.4, 0.5) is 0 Å². The van der Waals surface area contributed by atoms with E-state index in [-0.39, 0.29) is 17.3 Å². The van der Waals surface area contributed by atoms with Crippen LogP contribution in [0.25, 0.3) is 11.8 Å². The summed E-state index contributed by atoms with van der Waals surface area (Å²) in [6.07, 6.45) is 3.66. The number of fused-ring (bicyclic) bond motifs is 1. The Balaban J connectivity index is 1.68. The van der Waals surface area contributed by atoms with E-state index in [4.69, 9.17) is 5.41 Å². The molecule has 0 bridgehead atoms. The highest BCUT2D eigenvalue weighted by molar-refractivity contribution is 8.27. The second-order valence-electron chi connectivity index (χ2n) is 7.66. The molecule has 0 radical (unpaired) electrons. The summed E-state index contributed by atoms with van der Waals surface area (Å²) in [4.78, 5) is 16.8. The smallest absolute Gasteiger partial charge is 0.283 e. The summed E-state index contributed by atoms with van der Waals surface area (Å²) < 4.78 is 2.00. The highest BCUT2D eigenvalue weighted by Crippen LogP contribution is 2.31. The van der Waals surface area contributed by atoms with Gasteiger partial charge in [0.05, 0.1) is 5.57 Å². The van der Waals surface area contributed by atoms with E-state index < -0.39 is 5.91 Å². The molecule has 0 saturated heterocycles. The second kappa shape index (κ2) is 7.48. The van der Waals surface area contributed by atoms with Crippen molar-refractivity contribution in [2.45, 2.75) is 33.6 Å². The molecule has 7 heteroatoms. The number of thioether (sulfide) groups is 1. The zero-order valence-electron chi connectivity index (χ0n) is 16.9. The fourth-order valence-corrected chi connectivity index (χ4v) is 4.05. The molecule has 0 unspecified atom stereocenters. The highest BCUT2D eigenvalue weighted by atomic mass is 32.2. The third-order valence-electron chi connectivity index (χ3n) is 4.87. The summed E-state index contributed by atoms with van der Waals surface area (Å²) >= 11 is 1.36. The van der Waals surface area contributed by atoms with Crippen molar-refractivity contribution in [2.75, 3.05) is 0 Å². The van der Waals surface area contributed by atoms with Gasteiger partial charge in [0.25, 0.3) is 5.91 Å². The number of hydrogen-bond acceptors (Lipinski definition) is 4. The van der Waals surface area contributed by atoms with Crippen molar-refractivity contribution in [2.24, 2.45) is 16.0 Å². The Kier molecular flexibility index (Phi) is 5.00. The van der Waals surface area contributed by atoms with Gasteiger partial charge in [-0.25, -0.2) is 0 Å². The standard InChI is InChI=1S/C22H23N5OS/c1-13(2)15-7-9-16(10-8-15)26-11-5-6-17(26)12-18-19(23)27-22(24-20(18)28)29-21(25-27)14(3)4/h5-14,23H,1-4H3/b18-12+,23-19?. The average molecular weight is 406 g/mol. The molecule has 1 N–H and O–H groups in total. The maximum Gasteiger partial charge on any atom is 0.283 e. The third-order valence-corrected chi connectivity index (χ3v) is 6.08. The molecule has 0 fully saturated rings. The number of aromatic nitrogens is 1. The van der Waals surface area contributed by atoms with E-state index in [9.17, 15) is 4.79 Å². The first-order valence-corrected chi connectivity index (χ1v) is 10.4. The number of hydrogen-bond donors (Lipinski definition) is 1. The van der Waals surface area contributed by atoms with Crippen LogP contribution in [0.5, 0.6) is 0 Å². The Morgan fingerprint density at radius 2 is 1.79 bits per heavy atom. The molecule has 0 atom stereocenters. The monoisotopic (exact) mass is 405 g/mol. The maximum atomic E-state index is 12.6. The van der Waals surface area contributed by atoms with Gasteiger partial charge < -0.3 is 4.57 Å². The average Bonchev–Trinajstić information content (AvgIpc) is 3.32. The van der Waals surface area contributed by atoms with Crippen LogP contribution in [0, 0.1) is 11.3 Å². The first-order chi connectivity index (χ1) is 13.8. The first-order valence-electron chi connectivity index (χ1n) is 9.63. The molecule has 1 aromatic carbocycles. The quantitative estimate of drug-likeness (QED) is 0.737. The Hall–Kier alpha value is -2.93. The van der Waals surface area contributed by atoms with Gasteiger partial charge in [0.1, 0.15) is 5.04 Å². The van der Waals surface area contributed by atoms with Gasteiger partial charge in [-0.15, -0.1) is 0 Å². The molecule has 3 heterocycles. The van der Waals surface area contributed by atoms with Gasteiger partial charge in [0, 0.05) is 23.5 Å². The largest absolute Gasteiger partial charge is 0.317 e. The van der Waals surface area contributed by atoms with Crippen molar-refractivity contribution < 1.29 is 4.79 Å². The lowest BCUT2D eigenvalue weighted by atomic mass is 10.0. The lowest BCUT2D eigenvalue weighted by Gasteiger charge is -2.20. The number of amides is 1. The van der Waals surface area contributed by atoms with Crippen molar-refractivity contribution >= 4 is 39.8 Å². The number of benzene rings is 1. The summed E-state index contributed by atoms with van der Waals surface area (Å²) in [5.74, 6) is 0.342. The van der Waals surface area contributed by atoms with Gasteiger partial charge in [-0.05, 0) is 53.6 Å². The normalized spacial score (nSPS) is 18.0. The number of carbonyl (C=O) groups is 1. The lowest BCUT2D eigenvalue weighted by molar-refractivity contribution is -0.114. The van der Waals surface area contributed by atoms with Crippen LogP contribution in [0.1, 0.15) is 44.9 Å². The Bertz CT molecular complexity index is 1070. The molecule has 148 valence electrons. The molecule has 2 aliphatic heterocycles. The van der Waals surface area contributed by atoms with Gasteiger partial charge >= 0.3 is 0 Å². The Labute approximate surface area is 174 Å². The van der Waals surface area contributed by atoms with Crippen molar-refractivity contribution in [3.05, 3.63) is 59.4 Å². The van der Waals surface area contributed by atoms with Gasteiger partial charge in [-0.3, -0.25) is 10.2 Å². The molecular formula is C22H23N5OS. The molecule has 4 rings (SSSR count). The second-order valence-corrected chi connectivity index (χ2v) is 8.65. The van der Waals surface area contributed by atoms with Crippen LogP contribution in [0.15, 0.2) is 58.3 Å². The minimum absolute atomic E-state index is 0.0612. The number of nitrogens with one attached hydrogen (secondary N) is 1. The Morgan fingerprint density at radius 1 is 1.07 bits per heavy atom. The molecule has 0 saturated carbocycles. The number of hydrazone groups is 1. The zero-order valence-corrected chi connectivity index (χ0v) is 17.7. The molecule has 1 amide bonds. The molecule has 2 aromatic rings. The van der Waals surface area contributed by atoms with Crippen LogP contribution >= 0.6 is 11.8 Å². The molecule has 1 aromatic heterocycles. The molecule has 6 nitrogen and oxygen atoms in total. The lowest BCUT2D eigenvalue weighted by Crippen LogP contribution is -2.35. The number of rotatable bonds is 4. The van der Waals surface area contributed by atoms with Crippen molar-refractivity contribution in [3.63, 3.8) is 0 Å². The predicted octanol–water partition coefficient (Wildman–Crippen LogP) is 4.88. The van der Waals surface area contributed by atoms with E-state index in [2.05, 4.69) is 48.2 Å².